The fourth-order valence-electron chi connectivity index (χ4n) is 5.13. The van der Waals surface area contributed by atoms with Crippen molar-refractivity contribution in [1.29, 1.82) is 0 Å². The molecule has 0 bridgehead atoms. The van der Waals surface area contributed by atoms with Gasteiger partial charge in [0.25, 0.3) is 0 Å². The predicted octanol–water partition coefficient (Wildman–Crippen LogP) is 7.04. The van der Waals surface area contributed by atoms with Crippen LogP contribution in [0.2, 0.25) is 0 Å². The molecule has 7 rings (SSSR count). The third kappa shape index (κ3) is 2.16. The van der Waals surface area contributed by atoms with Crippen LogP contribution in [0.4, 0.5) is 0 Å². The van der Waals surface area contributed by atoms with Crippen molar-refractivity contribution in [3.63, 3.8) is 0 Å². The number of hydrogen-bond acceptors (Lipinski definition) is 2. The first-order valence-corrected chi connectivity index (χ1v) is 11.3. The van der Waals surface area contributed by atoms with Crippen LogP contribution in [-0.4, -0.2) is 9.38 Å². The van der Waals surface area contributed by atoms with Crippen LogP contribution in [0.1, 0.15) is 16.8 Å². The Morgan fingerprint density at radius 2 is 1.23 bits per heavy atom. The lowest BCUT2D eigenvalue weighted by Crippen LogP contribution is -2.29. The summed E-state index contributed by atoms with van der Waals surface area (Å²) in [6.07, 6.45) is 2.09. The molecule has 31 heavy (non-hydrogen) atoms. The van der Waals surface area contributed by atoms with E-state index in [2.05, 4.69) is 114 Å². The molecule has 0 aliphatic carbocycles. The first-order chi connectivity index (χ1) is 15.4. The van der Waals surface area contributed by atoms with Crippen molar-refractivity contribution >= 4 is 39.1 Å². The average Bonchev–Trinajstić information content (AvgIpc) is 3.31. The minimum Gasteiger partial charge on any atom is -0.293 e. The molecule has 0 amide bonds. The zero-order valence-corrected chi connectivity index (χ0v) is 17.5. The van der Waals surface area contributed by atoms with Crippen LogP contribution < -0.4 is 0 Å². The van der Waals surface area contributed by atoms with Gasteiger partial charge in [0, 0.05) is 15.7 Å². The van der Waals surface area contributed by atoms with Gasteiger partial charge in [0.2, 0.25) is 0 Å². The normalized spacial score (nSPS) is 14.6. The molecule has 0 spiro atoms. The van der Waals surface area contributed by atoms with E-state index >= 15 is 0 Å². The summed E-state index contributed by atoms with van der Waals surface area (Å²) in [4.78, 5) is 6.28. The molecule has 3 heterocycles. The first-order valence-electron chi connectivity index (χ1n) is 10.5. The second-order valence-corrected chi connectivity index (χ2v) is 9.27. The maximum Gasteiger partial charge on any atom is 0.145 e. The minimum absolute atomic E-state index is 0.369. The van der Waals surface area contributed by atoms with Gasteiger partial charge in [0.15, 0.2) is 0 Å². The van der Waals surface area contributed by atoms with Crippen LogP contribution in [0.5, 0.6) is 0 Å². The molecule has 3 heteroatoms. The van der Waals surface area contributed by atoms with Gasteiger partial charge in [0.05, 0.1) is 17.4 Å². The molecule has 0 saturated carbocycles. The van der Waals surface area contributed by atoms with Gasteiger partial charge in [-0.15, -0.1) is 11.8 Å². The lowest BCUT2D eigenvalue weighted by atomic mass is 9.87. The highest BCUT2D eigenvalue weighted by Crippen LogP contribution is 2.56. The number of imidazole rings is 1. The second-order valence-electron chi connectivity index (χ2n) is 8.02. The number of pyridine rings is 1. The van der Waals surface area contributed by atoms with Crippen LogP contribution in [-0.2, 0) is 4.75 Å². The van der Waals surface area contributed by atoms with Crippen molar-refractivity contribution in [2.45, 2.75) is 9.64 Å². The number of benzene rings is 4. The predicted molar refractivity (Wildman–Crippen MR) is 129 cm³/mol. The molecule has 0 fully saturated rings. The summed E-state index contributed by atoms with van der Waals surface area (Å²) in [6.45, 7) is 0. The van der Waals surface area contributed by atoms with E-state index in [1.807, 2.05) is 11.8 Å². The quantitative estimate of drug-likeness (QED) is 0.283. The summed E-state index contributed by atoms with van der Waals surface area (Å²) in [5.74, 6) is 0. The van der Waals surface area contributed by atoms with Crippen molar-refractivity contribution < 1.29 is 0 Å². The fourth-order valence-corrected chi connectivity index (χ4v) is 6.66. The number of hydrogen-bond donors (Lipinski definition) is 0. The third-order valence-corrected chi connectivity index (χ3v) is 7.96. The van der Waals surface area contributed by atoms with E-state index in [1.165, 1.54) is 43.4 Å². The van der Waals surface area contributed by atoms with Gasteiger partial charge in [-0.3, -0.25) is 4.40 Å². The van der Waals surface area contributed by atoms with E-state index in [9.17, 15) is 0 Å². The fraction of sp³-hybridized carbons (Fsp3) is 0.0357. The van der Waals surface area contributed by atoms with Gasteiger partial charge in [-0.25, -0.2) is 4.98 Å². The Labute approximate surface area is 184 Å². The van der Waals surface area contributed by atoms with E-state index in [0.717, 1.165) is 5.65 Å². The molecule has 0 saturated heterocycles. The first kappa shape index (κ1) is 17.2. The van der Waals surface area contributed by atoms with Crippen LogP contribution >= 0.6 is 11.8 Å². The smallest absolute Gasteiger partial charge is 0.145 e. The van der Waals surface area contributed by atoms with Crippen molar-refractivity contribution in [2.24, 2.45) is 0 Å². The monoisotopic (exact) mass is 414 g/mol. The van der Waals surface area contributed by atoms with Crippen LogP contribution in [0.25, 0.3) is 27.3 Å². The van der Waals surface area contributed by atoms with Crippen LogP contribution in [0.15, 0.2) is 114 Å². The number of para-hydroxylation sites is 1. The summed E-state index contributed by atoms with van der Waals surface area (Å²) in [5.41, 5.74) is 6.03. The Morgan fingerprint density at radius 1 is 0.613 bits per heavy atom. The standard InChI is InChI=1S/C28H18N2S/c1-3-10-19(11-4-1)28(20-12-5-2-6-13-20)25-18-29-27-23-15-8-7-14-21(23)22-16-9-17-24(31-28)26(22)30(25)27/h1-18H. The topological polar surface area (TPSA) is 17.3 Å². The Kier molecular flexibility index (Phi) is 3.44. The molecule has 6 aromatic rings. The van der Waals surface area contributed by atoms with Gasteiger partial charge in [-0.05, 0) is 22.6 Å². The van der Waals surface area contributed by atoms with E-state index in [0.29, 0.717) is 0 Å². The van der Waals surface area contributed by atoms with Gasteiger partial charge >= 0.3 is 0 Å². The molecular formula is C28H18N2S. The van der Waals surface area contributed by atoms with Crippen molar-refractivity contribution in [3.05, 3.63) is 126 Å². The number of thioether (sulfide) groups is 1. The molecular weight excluding hydrogens is 396 g/mol. The second kappa shape index (κ2) is 6.22. The Hall–Kier alpha value is -3.56. The molecule has 0 unspecified atom stereocenters. The van der Waals surface area contributed by atoms with E-state index in [1.54, 1.807) is 0 Å². The Balaban J connectivity index is 1.73. The average molecular weight is 415 g/mol. The Bertz CT molecular complexity index is 1560. The van der Waals surface area contributed by atoms with E-state index in [4.69, 9.17) is 4.98 Å². The van der Waals surface area contributed by atoms with Gasteiger partial charge in [-0.1, -0.05) is 97.1 Å². The molecule has 2 nitrogen and oxygen atoms in total. The lowest BCUT2D eigenvalue weighted by molar-refractivity contribution is 0.829. The molecule has 0 N–H and O–H groups in total. The van der Waals surface area contributed by atoms with Crippen LogP contribution in [0, 0.1) is 0 Å². The van der Waals surface area contributed by atoms with Crippen molar-refractivity contribution in [1.82, 2.24) is 9.38 Å². The summed E-state index contributed by atoms with van der Waals surface area (Å²) in [7, 11) is 0. The van der Waals surface area contributed by atoms with Crippen LogP contribution in [0.3, 0.4) is 0 Å². The molecule has 146 valence electrons. The minimum atomic E-state index is -0.369. The molecule has 1 aliphatic rings. The largest absolute Gasteiger partial charge is 0.293 e. The highest BCUT2D eigenvalue weighted by atomic mass is 32.2. The molecule has 4 aromatic carbocycles. The van der Waals surface area contributed by atoms with E-state index < -0.39 is 0 Å². The number of rotatable bonds is 2. The van der Waals surface area contributed by atoms with E-state index in [-0.39, 0.29) is 4.75 Å². The van der Waals surface area contributed by atoms with Gasteiger partial charge < -0.3 is 0 Å². The maximum absolute atomic E-state index is 5.00. The summed E-state index contributed by atoms with van der Waals surface area (Å²) < 4.78 is 2.04. The van der Waals surface area contributed by atoms with Gasteiger partial charge in [0.1, 0.15) is 10.4 Å². The van der Waals surface area contributed by atoms with Crippen molar-refractivity contribution in [3.8, 4) is 0 Å². The number of fused-ring (bicyclic) bond motifs is 3. The summed E-state index contributed by atoms with van der Waals surface area (Å²) in [6, 6.07) is 37.0. The maximum atomic E-state index is 5.00. The highest BCUT2D eigenvalue weighted by Gasteiger charge is 2.43. The summed E-state index contributed by atoms with van der Waals surface area (Å²) >= 11 is 1.93. The van der Waals surface area contributed by atoms with Crippen molar-refractivity contribution in [2.75, 3.05) is 0 Å². The van der Waals surface area contributed by atoms with Gasteiger partial charge in [-0.2, -0.15) is 0 Å². The SMILES string of the molecule is c1ccc(C2(c3ccccc3)Sc3cccc4c5ccccc5c5ncc2n5c34)cc1. The number of aromatic nitrogens is 2. The highest BCUT2D eigenvalue weighted by molar-refractivity contribution is 8.01. The molecule has 2 aromatic heterocycles. The molecule has 0 atom stereocenters. The summed E-state index contributed by atoms with van der Waals surface area (Å²) in [5, 5.41) is 3.74. The third-order valence-electron chi connectivity index (χ3n) is 6.43. The molecule has 0 radical (unpaired) electrons. The lowest BCUT2D eigenvalue weighted by Gasteiger charge is -2.38. The number of nitrogens with zero attached hydrogens (tertiary/aromatic N) is 2. The zero-order valence-electron chi connectivity index (χ0n) is 16.7. The zero-order chi connectivity index (χ0) is 20.4. The molecule has 1 aliphatic heterocycles. The Morgan fingerprint density at radius 3 is 1.94 bits per heavy atom.